The molecule has 3 rings (SSSR count). The van der Waals surface area contributed by atoms with Gasteiger partial charge in [-0.25, -0.2) is 0 Å². The van der Waals surface area contributed by atoms with Crippen molar-refractivity contribution in [3.8, 4) is 0 Å². The molecule has 1 heterocycles. The highest BCUT2D eigenvalue weighted by Crippen LogP contribution is 2.32. The molecular weight excluding hydrogens is 184 g/mol. The molecule has 0 amide bonds. The Kier molecular flexibility index (Phi) is 1.94. The van der Waals surface area contributed by atoms with Gasteiger partial charge in [-0.1, -0.05) is 24.2 Å². The Morgan fingerprint density at radius 2 is 2.47 bits per heavy atom. The Hall–Kier alpha value is -1.31. The zero-order chi connectivity index (χ0) is 11.0. The predicted octanol–water partition coefficient (Wildman–Crippen LogP) is 2.11. The van der Waals surface area contributed by atoms with Gasteiger partial charge in [0.15, 0.2) is 0 Å². The van der Waals surface area contributed by atoms with Crippen LogP contribution >= 0.6 is 0 Å². The molecule has 0 fully saturated rings. The molecule has 1 aromatic carbocycles. The van der Waals surface area contributed by atoms with Crippen molar-refractivity contribution >= 4 is 5.84 Å². The van der Waals surface area contributed by atoms with Crippen molar-refractivity contribution in [1.29, 1.82) is 0 Å². The van der Waals surface area contributed by atoms with Gasteiger partial charge >= 0.3 is 0 Å². The monoisotopic (exact) mass is 202 g/mol. The number of nitrogens with one attached hydrogen (secondary N) is 1. The maximum Gasteiger partial charge on any atom is 0.104 e. The van der Waals surface area contributed by atoms with Crippen molar-refractivity contribution in [2.75, 3.05) is 13.1 Å². The van der Waals surface area contributed by atoms with Gasteiger partial charge in [0.1, 0.15) is 5.84 Å². The maximum atomic E-state index is 7.74. The normalized spacial score (nSPS) is 25.2. The molecule has 0 saturated carbocycles. The van der Waals surface area contributed by atoms with Gasteiger partial charge in [0.2, 0.25) is 0 Å². The zero-order valence-electron chi connectivity index (χ0n) is 9.79. The lowest BCUT2D eigenvalue weighted by Gasteiger charge is -2.25. The van der Waals surface area contributed by atoms with E-state index in [9.17, 15) is 0 Å². The summed E-state index contributed by atoms with van der Waals surface area (Å²) in [7, 11) is 0. The van der Waals surface area contributed by atoms with E-state index in [4.69, 9.17) is 1.37 Å². The fraction of sp³-hybridized carbons (Fsp3) is 0.462. The Labute approximate surface area is 91.8 Å². The van der Waals surface area contributed by atoms with Crippen LogP contribution in [0.5, 0.6) is 0 Å². The lowest BCUT2D eigenvalue weighted by Crippen LogP contribution is -2.28. The van der Waals surface area contributed by atoms with Crippen molar-refractivity contribution in [2.24, 2.45) is 4.99 Å². The van der Waals surface area contributed by atoms with Gasteiger partial charge in [-0.3, -0.25) is 4.99 Å². The summed E-state index contributed by atoms with van der Waals surface area (Å²) in [5.74, 6) is 1.56. The largest absolute Gasteiger partial charge is 0.371 e. The fourth-order valence-corrected chi connectivity index (χ4v) is 2.61. The molecule has 0 bridgehead atoms. The third-order valence-corrected chi connectivity index (χ3v) is 3.33. The SMILES string of the molecule is [3H]c1ccc2c(c1)C(C1=NCCN1)CCC2. The van der Waals surface area contributed by atoms with Gasteiger partial charge < -0.3 is 5.32 Å². The molecule has 1 aliphatic heterocycles. The minimum absolute atomic E-state index is 0.413. The van der Waals surface area contributed by atoms with Crippen LogP contribution in [0, 0.1) is 0 Å². The van der Waals surface area contributed by atoms with E-state index in [1.807, 2.05) is 12.1 Å². The van der Waals surface area contributed by atoms with Crippen LogP contribution in [0.1, 0.15) is 31.3 Å². The van der Waals surface area contributed by atoms with E-state index in [0.717, 1.165) is 25.3 Å². The Morgan fingerprint density at radius 1 is 1.47 bits per heavy atom. The second-order valence-electron chi connectivity index (χ2n) is 4.26. The number of aryl methyl sites for hydroxylation is 1. The second-order valence-corrected chi connectivity index (χ2v) is 4.26. The average Bonchev–Trinajstić information content (AvgIpc) is 2.81. The third kappa shape index (κ3) is 1.54. The lowest BCUT2D eigenvalue weighted by atomic mass is 9.82. The molecule has 1 unspecified atom stereocenters. The fourth-order valence-electron chi connectivity index (χ4n) is 2.61. The molecule has 0 aromatic heterocycles. The standard InChI is InChI=1S/C13H16N2/c1-2-6-11-10(4-1)5-3-7-12(11)13-14-8-9-15-13/h1-2,4,6,12H,3,5,7-9H2,(H,14,15)/i2T. The van der Waals surface area contributed by atoms with Crippen molar-refractivity contribution in [2.45, 2.75) is 25.2 Å². The smallest absolute Gasteiger partial charge is 0.104 e. The van der Waals surface area contributed by atoms with Crippen LogP contribution < -0.4 is 5.32 Å². The van der Waals surface area contributed by atoms with Gasteiger partial charge in [-0.2, -0.15) is 0 Å². The van der Waals surface area contributed by atoms with Crippen molar-refractivity contribution in [3.63, 3.8) is 0 Å². The molecule has 78 valence electrons. The van der Waals surface area contributed by atoms with E-state index in [0.29, 0.717) is 12.0 Å². The van der Waals surface area contributed by atoms with Crippen LogP contribution in [-0.4, -0.2) is 18.9 Å². The van der Waals surface area contributed by atoms with Crippen molar-refractivity contribution in [1.82, 2.24) is 5.32 Å². The topological polar surface area (TPSA) is 24.4 Å². The maximum absolute atomic E-state index is 7.74. The predicted molar refractivity (Wildman–Crippen MR) is 62.4 cm³/mol. The first-order chi connectivity index (χ1) is 7.84. The summed E-state index contributed by atoms with van der Waals surface area (Å²) >= 11 is 0. The molecule has 2 nitrogen and oxygen atoms in total. The van der Waals surface area contributed by atoms with Crippen LogP contribution in [0.3, 0.4) is 0 Å². The zero-order valence-corrected chi connectivity index (χ0v) is 8.79. The molecule has 2 heteroatoms. The minimum atomic E-state index is 0.413. The van der Waals surface area contributed by atoms with Gasteiger partial charge in [-0.15, -0.1) is 0 Å². The molecule has 0 saturated heterocycles. The van der Waals surface area contributed by atoms with E-state index in [1.165, 1.54) is 24.0 Å². The molecule has 1 atom stereocenters. The number of fused-ring (bicyclic) bond motifs is 1. The molecule has 1 N–H and O–H groups in total. The van der Waals surface area contributed by atoms with E-state index in [-0.39, 0.29) is 0 Å². The molecular formula is C13H16N2. The number of nitrogens with zero attached hydrogens (tertiary/aromatic N) is 1. The van der Waals surface area contributed by atoms with Gasteiger partial charge in [0.05, 0.1) is 7.92 Å². The second kappa shape index (κ2) is 3.69. The van der Waals surface area contributed by atoms with E-state index in [2.05, 4.69) is 16.4 Å². The van der Waals surface area contributed by atoms with Crippen LogP contribution in [0.2, 0.25) is 0 Å². The quantitative estimate of drug-likeness (QED) is 0.741. The number of aliphatic imine (C=N–C) groups is 1. The summed E-state index contributed by atoms with van der Waals surface area (Å²) in [6.45, 7) is 1.88. The third-order valence-electron chi connectivity index (χ3n) is 3.33. The van der Waals surface area contributed by atoms with Crippen LogP contribution in [0.15, 0.2) is 29.2 Å². The van der Waals surface area contributed by atoms with E-state index < -0.39 is 0 Å². The van der Waals surface area contributed by atoms with Crippen LogP contribution in [-0.2, 0) is 6.42 Å². The van der Waals surface area contributed by atoms with E-state index >= 15 is 0 Å². The Morgan fingerprint density at radius 3 is 3.33 bits per heavy atom. The first-order valence-electron chi connectivity index (χ1n) is 6.22. The molecule has 1 aliphatic carbocycles. The van der Waals surface area contributed by atoms with E-state index in [1.54, 1.807) is 0 Å². The summed E-state index contributed by atoms with van der Waals surface area (Å²) in [6, 6.07) is 6.64. The number of rotatable bonds is 1. The molecule has 0 spiro atoms. The van der Waals surface area contributed by atoms with Gasteiger partial charge in [-0.05, 0) is 30.4 Å². The average molecular weight is 202 g/mol. The molecule has 0 radical (unpaired) electrons. The highest BCUT2D eigenvalue weighted by molar-refractivity contribution is 5.90. The number of hydrogen-bond donors (Lipinski definition) is 1. The van der Waals surface area contributed by atoms with Crippen LogP contribution in [0.25, 0.3) is 0 Å². The summed E-state index contributed by atoms with van der Waals surface area (Å²) < 4.78 is 7.74. The number of amidine groups is 1. The summed E-state index contributed by atoms with van der Waals surface area (Å²) in [5, 5.41) is 3.38. The molecule has 15 heavy (non-hydrogen) atoms. The Bertz CT molecular complexity index is 440. The van der Waals surface area contributed by atoms with Crippen molar-refractivity contribution < 1.29 is 1.37 Å². The van der Waals surface area contributed by atoms with Crippen molar-refractivity contribution in [3.05, 3.63) is 35.4 Å². The lowest BCUT2D eigenvalue weighted by molar-refractivity contribution is 0.641. The number of benzene rings is 1. The summed E-state index contributed by atoms with van der Waals surface area (Å²) in [4.78, 5) is 4.53. The summed E-state index contributed by atoms with van der Waals surface area (Å²) in [6.07, 6.45) is 3.55. The van der Waals surface area contributed by atoms with Crippen LogP contribution in [0.4, 0.5) is 0 Å². The molecule has 1 aromatic rings. The minimum Gasteiger partial charge on any atom is -0.371 e. The summed E-state index contributed by atoms with van der Waals surface area (Å²) in [5.41, 5.74) is 2.73. The molecule has 2 aliphatic rings. The first kappa shape index (κ1) is 7.91. The van der Waals surface area contributed by atoms with Gasteiger partial charge in [0, 0.05) is 12.5 Å². The highest BCUT2D eigenvalue weighted by Gasteiger charge is 2.25. The Balaban J connectivity index is 2.01. The number of hydrogen-bond acceptors (Lipinski definition) is 2. The first-order valence-corrected chi connectivity index (χ1v) is 5.72. The highest BCUT2D eigenvalue weighted by atomic mass is 15.1. The van der Waals surface area contributed by atoms with Gasteiger partial charge in [0.25, 0.3) is 0 Å².